The van der Waals surface area contributed by atoms with Crippen LogP contribution in [0.5, 0.6) is 0 Å². The highest BCUT2D eigenvalue weighted by atomic mass is 35.5. The van der Waals surface area contributed by atoms with Gasteiger partial charge in [-0.2, -0.15) is 0 Å². The zero-order chi connectivity index (χ0) is 20.3. The van der Waals surface area contributed by atoms with Crippen LogP contribution in [0.25, 0.3) is 6.08 Å². The lowest BCUT2D eigenvalue weighted by Crippen LogP contribution is -2.27. The lowest BCUT2D eigenvalue weighted by atomic mass is 10.2. The summed E-state index contributed by atoms with van der Waals surface area (Å²) in [6.07, 6.45) is 4.84. The Bertz CT molecular complexity index is 1020. The average Bonchev–Trinajstić information content (AvgIpc) is 2.92. The molecular formula is C19H12Cl2N2O4S. The quantitative estimate of drug-likeness (QED) is 0.342. The fourth-order valence-electron chi connectivity index (χ4n) is 2.42. The van der Waals surface area contributed by atoms with Crippen LogP contribution < -0.4 is 0 Å². The molecule has 0 aliphatic carbocycles. The number of benzene rings is 2. The number of non-ortho nitro benzene ring substituents is 1. The van der Waals surface area contributed by atoms with Crippen molar-refractivity contribution in [3.63, 3.8) is 0 Å². The number of amides is 2. The molecule has 2 aromatic rings. The van der Waals surface area contributed by atoms with Crippen molar-refractivity contribution in [3.8, 4) is 0 Å². The number of nitrogens with zero attached hydrogens (tertiary/aromatic N) is 2. The maximum absolute atomic E-state index is 12.5. The van der Waals surface area contributed by atoms with E-state index in [0.717, 1.165) is 22.2 Å². The molecule has 0 bridgehead atoms. The molecular weight excluding hydrogens is 423 g/mol. The van der Waals surface area contributed by atoms with Crippen LogP contribution in [0, 0.1) is 10.1 Å². The van der Waals surface area contributed by atoms with Crippen LogP contribution in [-0.2, 0) is 11.3 Å². The maximum atomic E-state index is 12.5. The summed E-state index contributed by atoms with van der Waals surface area (Å²) >= 11 is 12.8. The summed E-state index contributed by atoms with van der Waals surface area (Å²) in [6.45, 7) is 0.0596. The van der Waals surface area contributed by atoms with Crippen LogP contribution in [0.3, 0.4) is 0 Å². The molecule has 1 saturated heterocycles. The van der Waals surface area contributed by atoms with Gasteiger partial charge in [-0.25, -0.2) is 0 Å². The van der Waals surface area contributed by atoms with E-state index in [1.54, 1.807) is 42.5 Å². The Balaban J connectivity index is 1.70. The Labute approximate surface area is 174 Å². The summed E-state index contributed by atoms with van der Waals surface area (Å²) in [5, 5.41) is 11.1. The van der Waals surface area contributed by atoms with E-state index in [4.69, 9.17) is 23.2 Å². The largest absolute Gasteiger partial charge is 0.293 e. The minimum Gasteiger partial charge on any atom is -0.268 e. The molecule has 0 N–H and O–H groups in total. The second kappa shape index (κ2) is 8.60. The summed E-state index contributed by atoms with van der Waals surface area (Å²) in [5.41, 5.74) is 1.35. The van der Waals surface area contributed by atoms with E-state index in [2.05, 4.69) is 0 Å². The van der Waals surface area contributed by atoms with Crippen LogP contribution in [-0.4, -0.2) is 21.0 Å². The average molecular weight is 435 g/mol. The zero-order valence-corrected chi connectivity index (χ0v) is 16.5. The summed E-state index contributed by atoms with van der Waals surface area (Å²) < 4.78 is 0. The molecule has 0 saturated carbocycles. The number of rotatable bonds is 5. The van der Waals surface area contributed by atoms with E-state index in [0.29, 0.717) is 15.6 Å². The van der Waals surface area contributed by atoms with Gasteiger partial charge in [-0.3, -0.25) is 24.6 Å². The third kappa shape index (κ3) is 4.62. The lowest BCUT2D eigenvalue weighted by Gasteiger charge is -2.13. The predicted octanol–water partition coefficient (Wildman–Crippen LogP) is 5.69. The smallest absolute Gasteiger partial charge is 0.268 e. The molecule has 9 heteroatoms. The van der Waals surface area contributed by atoms with Crippen molar-refractivity contribution in [2.45, 2.75) is 6.54 Å². The highest BCUT2D eigenvalue weighted by Crippen LogP contribution is 2.33. The van der Waals surface area contributed by atoms with Crippen molar-refractivity contribution >= 4 is 57.9 Å². The van der Waals surface area contributed by atoms with Gasteiger partial charge in [0, 0.05) is 22.2 Å². The van der Waals surface area contributed by atoms with E-state index >= 15 is 0 Å². The van der Waals surface area contributed by atoms with Crippen molar-refractivity contribution in [2.24, 2.45) is 0 Å². The monoisotopic (exact) mass is 434 g/mol. The number of imide groups is 1. The normalized spacial score (nSPS) is 15.8. The molecule has 28 heavy (non-hydrogen) atoms. The highest BCUT2D eigenvalue weighted by Gasteiger charge is 2.34. The number of nitro groups is 1. The molecule has 0 unspecified atom stereocenters. The number of thioether (sulfide) groups is 1. The summed E-state index contributed by atoms with van der Waals surface area (Å²) in [4.78, 5) is 36.3. The van der Waals surface area contributed by atoms with E-state index < -0.39 is 10.8 Å². The molecule has 1 aliphatic heterocycles. The first-order chi connectivity index (χ1) is 13.3. The molecule has 6 nitrogen and oxygen atoms in total. The molecule has 0 atom stereocenters. The third-order valence-corrected chi connectivity index (χ3v) is 5.37. The fraction of sp³-hybridized carbons (Fsp3) is 0.0526. The number of carbonyl (C=O) groups is 2. The standard InChI is InChI=1S/C19H12Cl2N2O4S/c20-14-7-6-13(16(21)10-14)11-22-18(24)17(28-19(22)25)3-1-2-12-4-8-15(9-5-12)23(26)27/h1-10H,11H2/b2-1+,17-3-. The minimum absolute atomic E-state index is 0.000806. The van der Waals surface area contributed by atoms with Gasteiger partial charge in [-0.1, -0.05) is 41.4 Å². The molecule has 0 spiro atoms. The van der Waals surface area contributed by atoms with E-state index in [9.17, 15) is 19.7 Å². The van der Waals surface area contributed by atoms with Gasteiger partial charge in [0.25, 0.3) is 16.8 Å². The Hall–Kier alpha value is -2.61. The molecule has 1 heterocycles. The maximum Gasteiger partial charge on any atom is 0.293 e. The zero-order valence-electron chi connectivity index (χ0n) is 14.2. The van der Waals surface area contributed by atoms with Crippen LogP contribution in [0.2, 0.25) is 10.0 Å². The lowest BCUT2D eigenvalue weighted by molar-refractivity contribution is -0.384. The highest BCUT2D eigenvalue weighted by molar-refractivity contribution is 8.18. The second-order valence-corrected chi connectivity index (χ2v) is 7.57. The second-order valence-electron chi connectivity index (χ2n) is 5.73. The van der Waals surface area contributed by atoms with Crippen molar-refractivity contribution in [2.75, 3.05) is 0 Å². The van der Waals surface area contributed by atoms with E-state index in [-0.39, 0.29) is 22.4 Å². The number of nitro benzene ring substituents is 1. The van der Waals surface area contributed by atoms with Gasteiger partial charge in [-0.15, -0.1) is 0 Å². The van der Waals surface area contributed by atoms with Gasteiger partial charge >= 0.3 is 0 Å². The third-order valence-electron chi connectivity index (χ3n) is 3.86. The number of allylic oxidation sites excluding steroid dienone is 2. The molecule has 142 valence electrons. The van der Waals surface area contributed by atoms with Crippen LogP contribution in [0.4, 0.5) is 10.5 Å². The first-order valence-corrected chi connectivity index (χ1v) is 9.53. The van der Waals surface area contributed by atoms with Gasteiger partial charge in [0.2, 0.25) is 0 Å². The predicted molar refractivity (Wildman–Crippen MR) is 110 cm³/mol. The number of hydrogen-bond acceptors (Lipinski definition) is 5. The van der Waals surface area contributed by atoms with Gasteiger partial charge in [0.15, 0.2) is 0 Å². The first-order valence-electron chi connectivity index (χ1n) is 7.95. The molecule has 1 fully saturated rings. The van der Waals surface area contributed by atoms with Gasteiger partial charge < -0.3 is 0 Å². The van der Waals surface area contributed by atoms with Crippen LogP contribution in [0.1, 0.15) is 11.1 Å². The van der Waals surface area contributed by atoms with Gasteiger partial charge in [0.1, 0.15) is 0 Å². The Morgan fingerprint density at radius 2 is 1.82 bits per heavy atom. The summed E-state index contributed by atoms with van der Waals surface area (Å²) in [6, 6.07) is 10.8. The van der Waals surface area contributed by atoms with Crippen molar-refractivity contribution in [1.82, 2.24) is 4.90 Å². The Kier molecular flexibility index (Phi) is 6.18. The molecule has 0 aromatic heterocycles. The van der Waals surface area contributed by atoms with Gasteiger partial charge in [0.05, 0.1) is 16.4 Å². The minimum atomic E-state index is -0.476. The summed E-state index contributed by atoms with van der Waals surface area (Å²) in [7, 11) is 0. The number of halogens is 2. The molecule has 2 amide bonds. The van der Waals surface area contributed by atoms with Crippen molar-refractivity contribution < 1.29 is 14.5 Å². The van der Waals surface area contributed by atoms with Crippen molar-refractivity contribution in [3.05, 3.63) is 90.8 Å². The van der Waals surface area contributed by atoms with Crippen LogP contribution >= 0.6 is 35.0 Å². The fourth-order valence-corrected chi connectivity index (χ4v) is 3.68. The van der Waals surface area contributed by atoms with E-state index in [1.807, 2.05) is 0 Å². The number of carbonyl (C=O) groups excluding carboxylic acids is 2. The number of hydrogen-bond donors (Lipinski definition) is 0. The van der Waals surface area contributed by atoms with Crippen molar-refractivity contribution in [1.29, 1.82) is 0 Å². The SMILES string of the molecule is O=C1S/C(=C\C=C\c2ccc([N+](=O)[O-])cc2)C(=O)N1Cc1ccc(Cl)cc1Cl. The topological polar surface area (TPSA) is 80.5 Å². The van der Waals surface area contributed by atoms with Gasteiger partial charge in [-0.05, 0) is 53.2 Å². The van der Waals surface area contributed by atoms with E-state index in [1.165, 1.54) is 18.2 Å². The molecule has 0 radical (unpaired) electrons. The Morgan fingerprint density at radius 3 is 2.46 bits per heavy atom. The molecule has 1 aliphatic rings. The molecule has 2 aromatic carbocycles. The Morgan fingerprint density at radius 1 is 1.11 bits per heavy atom. The first kappa shape index (κ1) is 20.1. The van der Waals surface area contributed by atoms with Crippen LogP contribution in [0.15, 0.2) is 59.5 Å². The molecule has 3 rings (SSSR count). The summed E-state index contributed by atoms with van der Waals surface area (Å²) in [5.74, 6) is -0.408.